The zero-order valence-electron chi connectivity index (χ0n) is 13.0. The van der Waals surface area contributed by atoms with E-state index in [4.69, 9.17) is 4.74 Å². The Morgan fingerprint density at radius 2 is 2.18 bits per heavy atom. The van der Waals surface area contributed by atoms with Gasteiger partial charge in [-0.05, 0) is 19.1 Å². The largest absolute Gasteiger partial charge is 0.544 e. The third kappa shape index (κ3) is 4.29. The van der Waals surface area contributed by atoms with Gasteiger partial charge in [-0.2, -0.15) is 0 Å². The fraction of sp³-hybridized carbons (Fsp3) is 0.375. The summed E-state index contributed by atoms with van der Waals surface area (Å²) in [6.45, 7) is 3.39. The molecule has 0 atom stereocenters. The van der Waals surface area contributed by atoms with Crippen LogP contribution in [0.4, 0.5) is 0 Å². The van der Waals surface area contributed by atoms with Crippen LogP contribution in [-0.2, 0) is 0 Å². The summed E-state index contributed by atoms with van der Waals surface area (Å²) < 4.78 is 5.74. The number of rotatable bonds is 7. The molecule has 1 aromatic heterocycles. The Bertz CT molecular complexity index is 653. The van der Waals surface area contributed by atoms with E-state index in [-0.39, 0.29) is 4.88 Å². The number of hydrogen-bond donors (Lipinski definition) is 1. The summed E-state index contributed by atoms with van der Waals surface area (Å²) in [4.78, 5) is 16.9. The van der Waals surface area contributed by atoms with Gasteiger partial charge in [-0.15, -0.1) is 11.3 Å². The van der Waals surface area contributed by atoms with Crippen LogP contribution in [0.3, 0.4) is 0 Å². The van der Waals surface area contributed by atoms with Crippen LogP contribution < -0.4 is 14.7 Å². The van der Waals surface area contributed by atoms with E-state index < -0.39 is 5.97 Å². The number of thiazole rings is 1. The molecule has 0 bridgehead atoms. The standard InChI is InChI=1S/C16H20N2O3S/c1-11-14(16(19)20)22-15(17-11)12-6-4-7-13(10-12)21-9-5-8-18(2)3/h4,6-7,10H,5,8-9H2,1-3H3,(H,19,20). The molecule has 118 valence electrons. The molecule has 2 rings (SSSR count). The van der Waals surface area contributed by atoms with E-state index in [9.17, 15) is 9.90 Å². The van der Waals surface area contributed by atoms with Crippen molar-refractivity contribution in [2.24, 2.45) is 0 Å². The summed E-state index contributed by atoms with van der Waals surface area (Å²) >= 11 is 1.13. The van der Waals surface area contributed by atoms with Gasteiger partial charge in [-0.3, -0.25) is 0 Å². The normalized spacial score (nSPS) is 10.9. The maximum absolute atomic E-state index is 11.0. The fourth-order valence-electron chi connectivity index (χ4n) is 2.04. The van der Waals surface area contributed by atoms with Crippen molar-refractivity contribution in [1.29, 1.82) is 0 Å². The smallest absolute Gasteiger partial charge is 0.124 e. The van der Waals surface area contributed by atoms with Crippen molar-refractivity contribution < 1.29 is 19.5 Å². The average Bonchev–Trinajstić information content (AvgIpc) is 2.86. The highest BCUT2D eigenvalue weighted by Crippen LogP contribution is 2.29. The van der Waals surface area contributed by atoms with Gasteiger partial charge in [-0.25, -0.2) is 4.98 Å². The Labute approximate surface area is 134 Å². The van der Waals surface area contributed by atoms with Crippen LogP contribution >= 0.6 is 11.3 Å². The molecule has 0 saturated carbocycles. The van der Waals surface area contributed by atoms with Gasteiger partial charge in [0.1, 0.15) is 10.8 Å². The molecule has 0 saturated heterocycles. The summed E-state index contributed by atoms with van der Waals surface area (Å²) in [6, 6.07) is 7.57. The minimum atomic E-state index is -1.18. The van der Waals surface area contributed by atoms with Crippen molar-refractivity contribution >= 4 is 17.3 Å². The van der Waals surface area contributed by atoms with E-state index in [0.717, 1.165) is 35.6 Å². The molecule has 0 radical (unpaired) electrons. The molecule has 0 fully saturated rings. The summed E-state index contributed by atoms with van der Waals surface area (Å²) in [5, 5.41) is 11.7. The van der Waals surface area contributed by atoms with Gasteiger partial charge in [0.15, 0.2) is 0 Å². The number of aryl methyl sites for hydroxylation is 1. The Kier molecular flexibility index (Phi) is 5.51. The highest BCUT2D eigenvalue weighted by atomic mass is 32.1. The second-order valence-electron chi connectivity index (χ2n) is 5.41. The summed E-state index contributed by atoms with van der Waals surface area (Å²) in [6.07, 6.45) is 0.984. The Morgan fingerprint density at radius 3 is 2.82 bits per heavy atom. The van der Waals surface area contributed by atoms with E-state index in [2.05, 4.69) is 19.1 Å². The summed E-state index contributed by atoms with van der Waals surface area (Å²) in [5.74, 6) is -0.408. The quantitative estimate of drug-likeness (QED) is 0.750. The molecule has 22 heavy (non-hydrogen) atoms. The number of benzene rings is 1. The van der Waals surface area contributed by atoms with Gasteiger partial charge in [0.2, 0.25) is 0 Å². The van der Waals surface area contributed by atoms with Gasteiger partial charge in [0.25, 0.3) is 0 Å². The first-order chi connectivity index (χ1) is 10.5. The number of nitrogens with zero attached hydrogens (tertiary/aromatic N) is 1. The molecule has 6 heteroatoms. The fourth-order valence-corrected chi connectivity index (χ4v) is 2.94. The Balaban J connectivity index is 2.08. The lowest BCUT2D eigenvalue weighted by Crippen LogP contribution is -3.05. The highest BCUT2D eigenvalue weighted by molar-refractivity contribution is 7.17. The summed E-state index contributed by atoms with van der Waals surface area (Å²) in [5.41, 5.74) is 1.34. The number of ether oxygens (including phenoxy) is 1. The predicted molar refractivity (Wildman–Crippen MR) is 84.4 cm³/mol. The summed E-state index contributed by atoms with van der Waals surface area (Å²) in [7, 11) is 4.22. The lowest BCUT2D eigenvalue weighted by Gasteiger charge is -2.09. The second-order valence-corrected chi connectivity index (χ2v) is 6.41. The zero-order chi connectivity index (χ0) is 16.1. The van der Waals surface area contributed by atoms with E-state index in [1.54, 1.807) is 6.92 Å². The Morgan fingerprint density at radius 1 is 1.41 bits per heavy atom. The minimum Gasteiger partial charge on any atom is -0.544 e. The third-order valence-corrected chi connectivity index (χ3v) is 4.34. The van der Waals surface area contributed by atoms with Gasteiger partial charge < -0.3 is 19.5 Å². The molecule has 1 N–H and O–H groups in total. The molecule has 0 spiro atoms. The number of nitrogens with one attached hydrogen (secondary N) is 1. The lowest BCUT2D eigenvalue weighted by atomic mass is 10.2. The van der Waals surface area contributed by atoms with Crippen LogP contribution in [0.2, 0.25) is 0 Å². The van der Waals surface area contributed by atoms with Crippen LogP contribution in [0.1, 0.15) is 21.8 Å². The van der Waals surface area contributed by atoms with Crippen LogP contribution in [0.15, 0.2) is 24.3 Å². The van der Waals surface area contributed by atoms with Gasteiger partial charge >= 0.3 is 0 Å². The number of hydrogen-bond acceptors (Lipinski definition) is 5. The minimum absolute atomic E-state index is 0.176. The second kappa shape index (κ2) is 7.38. The third-order valence-electron chi connectivity index (χ3n) is 3.15. The van der Waals surface area contributed by atoms with Crippen LogP contribution in [0.5, 0.6) is 5.75 Å². The number of carbonyl (C=O) groups excluding carboxylic acids is 1. The van der Waals surface area contributed by atoms with Crippen LogP contribution in [0, 0.1) is 6.92 Å². The molecule has 0 aliphatic rings. The number of aromatic nitrogens is 1. The maximum atomic E-state index is 11.0. The topological polar surface area (TPSA) is 66.7 Å². The monoisotopic (exact) mass is 320 g/mol. The van der Waals surface area contributed by atoms with Crippen molar-refractivity contribution in [3.63, 3.8) is 0 Å². The first-order valence-electron chi connectivity index (χ1n) is 7.18. The molecule has 2 aromatic rings. The highest BCUT2D eigenvalue weighted by Gasteiger charge is 2.10. The van der Waals surface area contributed by atoms with Crippen molar-refractivity contribution in [1.82, 2.24) is 4.98 Å². The number of quaternary nitrogens is 1. The molecule has 0 amide bonds. The molecule has 5 nitrogen and oxygen atoms in total. The molecular weight excluding hydrogens is 300 g/mol. The predicted octanol–water partition coefficient (Wildman–Crippen LogP) is 0.395. The molecular formula is C16H20N2O3S. The van der Waals surface area contributed by atoms with Crippen molar-refractivity contribution in [2.45, 2.75) is 13.3 Å². The average molecular weight is 320 g/mol. The number of carbonyl (C=O) groups is 1. The van der Waals surface area contributed by atoms with Crippen molar-refractivity contribution in [3.8, 4) is 16.3 Å². The number of carboxylic acid groups (broad SMARTS) is 1. The first-order valence-corrected chi connectivity index (χ1v) is 8.00. The molecule has 0 aliphatic heterocycles. The van der Waals surface area contributed by atoms with E-state index in [1.165, 1.54) is 4.90 Å². The molecule has 0 unspecified atom stereocenters. The maximum Gasteiger partial charge on any atom is 0.124 e. The Hall–Kier alpha value is -1.92. The number of carboxylic acids is 1. The van der Waals surface area contributed by atoms with Crippen LogP contribution in [0.25, 0.3) is 10.6 Å². The zero-order valence-corrected chi connectivity index (χ0v) is 13.8. The van der Waals surface area contributed by atoms with E-state index in [0.29, 0.717) is 17.3 Å². The molecule has 1 aromatic carbocycles. The van der Waals surface area contributed by atoms with Crippen LogP contribution in [-0.4, -0.2) is 38.2 Å². The SMILES string of the molecule is Cc1nc(-c2cccc(OCCC[NH+](C)C)c2)sc1C(=O)[O-]. The van der Waals surface area contributed by atoms with Gasteiger partial charge in [0, 0.05) is 12.0 Å². The van der Waals surface area contributed by atoms with Crippen molar-refractivity contribution in [3.05, 3.63) is 34.8 Å². The lowest BCUT2D eigenvalue weighted by molar-refractivity contribution is -0.858. The number of aromatic carboxylic acids is 1. The van der Waals surface area contributed by atoms with E-state index in [1.807, 2.05) is 24.3 Å². The van der Waals surface area contributed by atoms with Gasteiger partial charge in [-0.1, -0.05) is 12.1 Å². The first kappa shape index (κ1) is 16.5. The van der Waals surface area contributed by atoms with Gasteiger partial charge in [0.05, 0.1) is 43.8 Å². The van der Waals surface area contributed by atoms with E-state index >= 15 is 0 Å². The molecule has 0 aliphatic carbocycles. The molecule has 1 heterocycles. The van der Waals surface area contributed by atoms with Crippen molar-refractivity contribution in [2.75, 3.05) is 27.2 Å².